The van der Waals surface area contributed by atoms with Crippen molar-refractivity contribution in [3.05, 3.63) is 58.4 Å². The van der Waals surface area contributed by atoms with E-state index >= 15 is 0 Å². The highest BCUT2D eigenvalue weighted by Gasteiger charge is 2.29. The molecule has 0 aromatic heterocycles. The Bertz CT molecular complexity index is 868. The molecule has 9 heteroatoms. The van der Waals surface area contributed by atoms with Crippen LogP contribution in [0.2, 0.25) is 0 Å². The summed E-state index contributed by atoms with van der Waals surface area (Å²) in [6, 6.07) is 4.26. The third-order valence-corrected chi connectivity index (χ3v) is 4.57. The summed E-state index contributed by atoms with van der Waals surface area (Å²) < 4.78 is 92.2. The molecule has 0 fully saturated rings. The number of halogens is 5. The van der Waals surface area contributed by atoms with Crippen molar-refractivity contribution < 1.29 is 30.4 Å². The van der Waals surface area contributed by atoms with Crippen LogP contribution >= 0.6 is 0 Å². The van der Waals surface area contributed by atoms with Crippen molar-refractivity contribution in [1.82, 2.24) is 0 Å². The average Bonchev–Trinajstić information content (AvgIpc) is 2.50. The number of hydrogen-bond donors (Lipinski definition) is 1. The third kappa shape index (κ3) is 3.00. The maximum atomic E-state index is 13.6. The van der Waals surface area contributed by atoms with E-state index in [9.17, 15) is 30.4 Å². The molecule has 2 rings (SSSR count). The van der Waals surface area contributed by atoms with Crippen LogP contribution in [0.5, 0.6) is 0 Å². The van der Waals surface area contributed by atoms with Gasteiger partial charge in [-0.3, -0.25) is 4.72 Å². The van der Waals surface area contributed by atoms with Crippen molar-refractivity contribution in [2.45, 2.75) is 18.7 Å². The molecule has 1 N–H and O–H groups in total. The molecule has 0 bridgehead atoms. The van der Waals surface area contributed by atoms with Gasteiger partial charge in [0.1, 0.15) is 5.69 Å². The quantitative estimate of drug-likeness (QED) is 0.519. The van der Waals surface area contributed by atoms with Gasteiger partial charge in [0.15, 0.2) is 23.3 Å². The van der Waals surface area contributed by atoms with E-state index in [1.807, 2.05) is 0 Å². The Morgan fingerprint density at radius 2 is 1.30 bits per heavy atom. The number of nitrogens with one attached hydrogen (secondary N) is 1. The van der Waals surface area contributed by atoms with Crippen LogP contribution in [0.25, 0.3) is 0 Å². The van der Waals surface area contributed by atoms with Crippen LogP contribution in [0.15, 0.2) is 23.1 Å². The summed E-state index contributed by atoms with van der Waals surface area (Å²) in [5.41, 5.74) is -0.845. The second kappa shape index (κ2) is 5.80. The largest absolute Gasteiger partial charge is 0.274 e. The Kier molecular flexibility index (Phi) is 4.34. The lowest BCUT2D eigenvalue weighted by molar-refractivity contribution is 0.382. The third-order valence-electron chi connectivity index (χ3n) is 3.08. The van der Waals surface area contributed by atoms with Crippen LogP contribution in [0, 0.1) is 42.9 Å². The molecule has 23 heavy (non-hydrogen) atoms. The molecule has 0 heterocycles. The zero-order chi connectivity index (χ0) is 17.5. The van der Waals surface area contributed by atoms with E-state index in [1.165, 1.54) is 23.8 Å². The number of anilines is 1. The van der Waals surface area contributed by atoms with E-state index in [2.05, 4.69) is 0 Å². The Labute approximate surface area is 128 Å². The zero-order valence-electron chi connectivity index (χ0n) is 11.8. The number of rotatable bonds is 3. The van der Waals surface area contributed by atoms with Gasteiger partial charge in [-0.2, -0.15) is 0 Å². The SMILES string of the molecule is Cc1ccc(C)c(S(=O)(=O)Nc2c(F)c(F)c(F)c(F)c2F)c1. The van der Waals surface area contributed by atoms with Crippen molar-refractivity contribution in [3.8, 4) is 0 Å². The number of benzene rings is 2. The van der Waals surface area contributed by atoms with Gasteiger partial charge in [0.05, 0.1) is 4.90 Å². The zero-order valence-corrected chi connectivity index (χ0v) is 12.7. The molecule has 2 aromatic carbocycles. The topological polar surface area (TPSA) is 46.2 Å². The highest BCUT2D eigenvalue weighted by atomic mass is 32.2. The summed E-state index contributed by atoms with van der Waals surface area (Å²) in [6.07, 6.45) is 0. The van der Waals surface area contributed by atoms with Crippen LogP contribution in [0.3, 0.4) is 0 Å². The van der Waals surface area contributed by atoms with Gasteiger partial charge in [-0.1, -0.05) is 12.1 Å². The fraction of sp³-hybridized carbons (Fsp3) is 0.143. The highest BCUT2D eigenvalue weighted by molar-refractivity contribution is 7.92. The molecular formula is C14H10F5NO2S. The number of aryl methyl sites for hydroxylation is 2. The Morgan fingerprint density at radius 3 is 1.83 bits per heavy atom. The Morgan fingerprint density at radius 1 is 0.826 bits per heavy atom. The number of hydrogen-bond acceptors (Lipinski definition) is 2. The van der Waals surface area contributed by atoms with Crippen molar-refractivity contribution >= 4 is 15.7 Å². The first-order chi connectivity index (χ1) is 10.6. The van der Waals surface area contributed by atoms with Gasteiger partial charge >= 0.3 is 0 Å². The summed E-state index contributed by atoms with van der Waals surface area (Å²) in [5.74, 6) is -11.3. The molecule has 0 atom stereocenters. The minimum Gasteiger partial charge on any atom is -0.274 e. The van der Waals surface area contributed by atoms with Gasteiger partial charge in [0.25, 0.3) is 10.0 Å². The summed E-state index contributed by atoms with van der Waals surface area (Å²) in [6.45, 7) is 3.00. The molecule has 0 unspecified atom stereocenters. The van der Waals surface area contributed by atoms with Crippen molar-refractivity contribution in [2.24, 2.45) is 0 Å². The second-order valence-corrected chi connectivity index (χ2v) is 6.47. The molecule has 0 radical (unpaired) electrons. The summed E-state index contributed by atoms with van der Waals surface area (Å²) >= 11 is 0. The predicted molar refractivity (Wildman–Crippen MR) is 73.0 cm³/mol. The van der Waals surface area contributed by atoms with Crippen LogP contribution in [0.1, 0.15) is 11.1 Å². The van der Waals surface area contributed by atoms with Crippen molar-refractivity contribution in [3.63, 3.8) is 0 Å². The fourth-order valence-corrected chi connectivity index (χ4v) is 3.27. The first kappa shape index (κ1) is 17.2. The molecule has 0 amide bonds. The highest BCUT2D eigenvalue weighted by Crippen LogP contribution is 2.29. The first-order valence-electron chi connectivity index (χ1n) is 6.17. The maximum Gasteiger partial charge on any atom is 0.262 e. The Balaban J connectivity index is 2.61. The smallest absolute Gasteiger partial charge is 0.262 e. The molecule has 124 valence electrons. The monoisotopic (exact) mass is 351 g/mol. The summed E-state index contributed by atoms with van der Waals surface area (Å²) in [5, 5.41) is 0. The van der Waals surface area contributed by atoms with Crippen LogP contribution < -0.4 is 4.72 Å². The molecular weight excluding hydrogens is 341 g/mol. The van der Waals surface area contributed by atoms with Crippen LogP contribution in [0.4, 0.5) is 27.6 Å². The maximum absolute atomic E-state index is 13.6. The lowest BCUT2D eigenvalue weighted by Gasteiger charge is -2.13. The summed E-state index contributed by atoms with van der Waals surface area (Å²) in [7, 11) is -4.54. The lowest BCUT2D eigenvalue weighted by atomic mass is 10.2. The van der Waals surface area contributed by atoms with Crippen molar-refractivity contribution in [1.29, 1.82) is 0 Å². The first-order valence-corrected chi connectivity index (χ1v) is 7.66. The van der Waals surface area contributed by atoms with E-state index in [4.69, 9.17) is 0 Å². The molecule has 0 aliphatic carbocycles. The minimum absolute atomic E-state index is 0.243. The minimum atomic E-state index is -4.54. The average molecular weight is 351 g/mol. The normalized spacial score (nSPS) is 11.6. The summed E-state index contributed by atoms with van der Waals surface area (Å²) in [4.78, 5) is -0.332. The van der Waals surface area contributed by atoms with Gasteiger partial charge < -0.3 is 0 Å². The van der Waals surface area contributed by atoms with Gasteiger partial charge in [0.2, 0.25) is 5.82 Å². The van der Waals surface area contributed by atoms with E-state index in [0.29, 0.717) is 5.56 Å². The lowest BCUT2D eigenvalue weighted by Crippen LogP contribution is -2.18. The standard InChI is InChI=1S/C14H10F5NO2S/c1-6-3-4-7(2)8(5-6)23(21,22)20-14-12(18)10(16)9(15)11(17)13(14)19/h3-5,20H,1-2H3. The number of sulfonamides is 1. The van der Waals surface area contributed by atoms with E-state index in [1.54, 1.807) is 13.0 Å². The molecule has 0 aliphatic heterocycles. The molecule has 2 aromatic rings. The van der Waals surface area contributed by atoms with Crippen molar-refractivity contribution in [2.75, 3.05) is 4.72 Å². The van der Waals surface area contributed by atoms with Crippen LogP contribution in [-0.4, -0.2) is 8.42 Å². The molecule has 3 nitrogen and oxygen atoms in total. The molecule has 0 saturated carbocycles. The Hall–Kier alpha value is -2.16. The predicted octanol–water partition coefficient (Wildman–Crippen LogP) is 3.80. The van der Waals surface area contributed by atoms with Gasteiger partial charge in [-0.15, -0.1) is 0 Å². The molecule has 0 spiro atoms. The van der Waals surface area contributed by atoms with Gasteiger partial charge in [-0.05, 0) is 31.0 Å². The van der Waals surface area contributed by atoms with Gasteiger partial charge in [0, 0.05) is 0 Å². The second-order valence-electron chi connectivity index (χ2n) is 4.82. The van der Waals surface area contributed by atoms with Gasteiger partial charge in [-0.25, -0.2) is 30.4 Å². The molecule has 0 saturated heterocycles. The van der Waals surface area contributed by atoms with E-state index in [0.717, 1.165) is 0 Å². The molecule has 0 aliphatic rings. The van der Waals surface area contributed by atoms with E-state index < -0.39 is 44.8 Å². The van der Waals surface area contributed by atoms with Crippen LogP contribution in [-0.2, 0) is 10.0 Å². The van der Waals surface area contributed by atoms with E-state index in [-0.39, 0.29) is 10.5 Å². The fourth-order valence-electron chi connectivity index (χ4n) is 1.88.